The summed E-state index contributed by atoms with van der Waals surface area (Å²) in [5.74, 6) is -1.07. The molecular weight excluding hydrogens is 562 g/mol. The number of esters is 1. The molecule has 0 spiro atoms. The van der Waals surface area contributed by atoms with E-state index >= 15 is 0 Å². The molecule has 11 heteroatoms. The molecule has 3 amide bonds. The summed E-state index contributed by atoms with van der Waals surface area (Å²) in [5, 5.41) is 4.23. The number of nitrogens with one attached hydrogen (secondary N) is 1. The first-order valence-electron chi connectivity index (χ1n) is 13.0. The van der Waals surface area contributed by atoms with E-state index in [0.717, 1.165) is 16.0 Å². The fourth-order valence-corrected chi connectivity index (χ4v) is 6.63. The Hall–Kier alpha value is -4.09. The van der Waals surface area contributed by atoms with Gasteiger partial charge in [-0.15, -0.1) is 23.1 Å². The van der Waals surface area contributed by atoms with Crippen LogP contribution >= 0.6 is 23.1 Å². The van der Waals surface area contributed by atoms with Gasteiger partial charge in [0.05, 0.1) is 6.42 Å². The van der Waals surface area contributed by atoms with Crippen molar-refractivity contribution in [2.24, 2.45) is 0 Å². The van der Waals surface area contributed by atoms with Gasteiger partial charge in [0.1, 0.15) is 23.7 Å². The van der Waals surface area contributed by atoms with Crippen molar-refractivity contribution in [2.45, 2.75) is 23.9 Å². The van der Waals surface area contributed by atoms with Gasteiger partial charge in [-0.1, -0.05) is 66.7 Å². The molecule has 3 aromatic rings. The van der Waals surface area contributed by atoms with Crippen LogP contribution in [-0.2, 0) is 30.3 Å². The van der Waals surface area contributed by atoms with Gasteiger partial charge in [0.25, 0.3) is 5.91 Å². The molecule has 0 aliphatic carbocycles. The molecule has 2 aliphatic rings. The lowest BCUT2D eigenvalue weighted by atomic mass is 10.0. The van der Waals surface area contributed by atoms with Crippen LogP contribution in [0.4, 0.5) is 4.79 Å². The van der Waals surface area contributed by atoms with Gasteiger partial charge < -0.3 is 19.7 Å². The van der Waals surface area contributed by atoms with Crippen molar-refractivity contribution < 1.29 is 28.7 Å². The maximum absolute atomic E-state index is 13.9. The van der Waals surface area contributed by atoms with Crippen molar-refractivity contribution >= 4 is 47.0 Å². The monoisotopic (exact) mass is 591 g/mol. The standard InChI is InChI=1S/C30H29N3O6S2/c1-32(2)30(37)38-17-21-18-41-28-24(31-23(34)16-22-14-9-15-40-22)27(35)33(28)25(21)29(36)39-26(19-10-5-3-6-11-19)20-12-7-4-8-13-20/h3-15,24,26,28H,16-18H2,1-2H3,(H,31,34)/t24-,28-/m1/s1. The summed E-state index contributed by atoms with van der Waals surface area (Å²) in [4.78, 5) is 55.7. The Kier molecular flexibility index (Phi) is 8.75. The molecule has 2 atom stereocenters. The minimum absolute atomic E-state index is 0.0472. The third kappa shape index (κ3) is 6.31. The number of hydrogen-bond acceptors (Lipinski definition) is 8. The highest BCUT2D eigenvalue weighted by Crippen LogP contribution is 2.41. The van der Waals surface area contributed by atoms with E-state index in [0.29, 0.717) is 11.3 Å². The number of thioether (sulfide) groups is 1. The molecule has 0 bridgehead atoms. The normalized spacial score (nSPS) is 17.9. The third-order valence-electron chi connectivity index (χ3n) is 6.64. The number of hydrogen-bond donors (Lipinski definition) is 1. The Labute approximate surface area is 246 Å². The van der Waals surface area contributed by atoms with Crippen LogP contribution in [0.3, 0.4) is 0 Å². The molecule has 0 radical (unpaired) electrons. The van der Waals surface area contributed by atoms with Crippen LogP contribution < -0.4 is 5.32 Å². The summed E-state index contributed by atoms with van der Waals surface area (Å²) in [7, 11) is 3.12. The first-order chi connectivity index (χ1) is 19.8. The summed E-state index contributed by atoms with van der Waals surface area (Å²) in [6.45, 7) is -0.179. The van der Waals surface area contributed by atoms with Crippen LogP contribution in [0.15, 0.2) is 89.4 Å². The zero-order valence-electron chi connectivity index (χ0n) is 22.5. The van der Waals surface area contributed by atoms with Crippen molar-refractivity contribution in [3.05, 3.63) is 105 Å². The topological polar surface area (TPSA) is 105 Å². The molecule has 3 heterocycles. The molecule has 2 aliphatic heterocycles. The highest BCUT2D eigenvalue weighted by molar-refractivity contribution is 8.00. The molecule has 41 heavy (non-hydrogen) atoms. The van der Waals surface area contributed by atoms with Crippen LogP contribution in [0, 0.1) is 0 Å². The Morgan fingerprint density at radius 3 is 2.24 bits per heavy atom. The van der Waals surface area contributed by atoms with Crippen LogP contribution in [0.25, 0.3) is 0 Å². The molecule has 5 rings (SSSR count). The average molecular weight is 592 g/mol. The zero-order valence-corrected chi connectivity index (χ0v) is 24.2. The Morgan fingerprint density at radius 1 is 1.00 bits per heavy atom. The van der Waals surface area contributed by atoms with Gasteiger partial charge in [-0.2, -0.15) is 0 Å². The van der Waals surface area contributed by atoms with Crippen LogP contribution in [0.1, 0.15) is 22.1 Å². The van der Waals surface area contributed by atoms with Crippen LogP contribution in [0.5, 0.6) is 0 Å². The Bertz CT molecular complexity index is 1400. The Morgan fingerprint density at radius 2 is 1.66 bits per heavy atom. The quantitative estimate of drug-likeness (QED) is 0.297. The summed E-state index contributed by atoms with van der Waals surface area (Å²) < 4.78 is 11.5. The van der Waals surface area contributed by atoms with E-state index in [1.54, 1.807) is 14.1 Å². The second kappa shape index (κ2) is 12.6. The number of ether oxygens (including phenoxy) is 2. The van der Waals surface area contributed by atoms with Gasteiger partial charge in [-0.25, -0.2) is 9.59 Å². The van der Waals surface area contributed by atoms with Crippen molar-refractivity contribution in [3.63, 3.8) is 0 Å². The highest BCUT2D eigenvalue weighted by atomic mass is 32.2. The van der Waals surface area contributed by atoms with Crippen molar-refractivity contribution in [3.8, 4) is 0 Å². The summed E-state index contributed by atoms with van der Waals surface area (Å²) in [5.41, 5.74) is 2.04. The van der Waals surface area contributed by atoms with Crippen molar-refractivity contribution in [2.75, 3.05) is 26.5 Å². The van der Waals surface area contributed by atoms with Gasteiger partial charge in [-0.05, 0) is 22.6 Å². The largest absolute Gasteiger partial charge is 0.448 e. The molecule has 1 aromatic heterocycles. The number of carbonyl (C=O) groups is 4. The third-order valence-corrected chi connectivity index (χ3v) is 8.85. The van der Waals surface area contributed by atoms with Gasteiger partial charge in [-0.3, -0.25) is 14.5 Å². The van der Waals surface area contributed by atoms with E-state index in [2.05, 4.69) is 5.32 Å². The molecule has 9 nitrogen and oxygen atoms in total. The van der Waals surface area contributed by atoms with E-state index < -0.39 is 35.5 Å². The molecule has 212 valence electrons. The van der Waals surface area contributed by atoms with Gasteiger partial charge in [0.15, 0.2) is 6.10 Å². The predicted molar refractivity (Wildman–Crippen MR) is 156 cm³/mol. The van der Waals surface area contributed by atoms with Gasteiger partial charge >= 0.3 is 12.1 Å². The maximum Gasteiger partial charge on any atom is 0.409 e. The lowest BCUT2D eigenvalue weighted by molar-refractivity contribution is -0.154. The smallest absolute Gasteiger partial charge is 0.409 e. The summed E-state index contributed by atoms with van der Waals surface area (Å²) in [6.07, 6.45) is -1.13. The highest BCUT2D eigenvalue weighted by Gasteiger charge is 2.54. The first kappa shape index (κ1) is 28.4. The molecule has 0 unspecified atom stereocenters. The summed E-state index contributed by atoms with van der Waals surface area (Å²) >= 11 is 2.87. The van der Waals surface area contributed by atoms with Gasteiger partial charge in [0.2, 0.25) is 5.91 Å². The number of thiophene rings is 1. The number of fused-ring (bicyclic) bond motifs is 1. The predicted octanol–water partition coefficient (Wildman–Crippen LogP) is 3.98. The molecule has 1 fully saturated rings. The second-order valence-electron chi connectivity index (χ2n) is 9.72. The summed E-state index contributed by atoms with van der Waals surface area (Å²) in [6, 6.07) is 21.6. The minimum Gasteiger partial charge on any atom is -0.448 e. The van der Waals surface area contributed by atoms with E-state index in [1.807, 2.05) is 78.2 Å². The van der Waals surface area contributed by atoms with Crippen LogP contribution in [0.2, 0.25) is 0 Å². The minimum atomic E-state index is -0.778. The number of rotatable bonds is 9. The zero-order chi connectivity index (χ0) is 28.9. The van der Waals surface area contributed by atoms with Crippen molar-refractivity contribution in [1.82, 2.24) is 15.1 Å². The number of benzene rings is 2. The number of amides is 3. The SMILES string of the molecule is CN(C)C(=O)OCC1=C(C(=O)OC(c2ccccc2)c2ccccc2)N2C(=O)[C@@H](NC(=O)Cc3cccs3)[C@H]2SC1. The number of nitrogens with zero attached hydrogens (tertiary/aromatic N) is 2. The number of carbonyl (C=O) groups excluding carboxylic acids is 4. The van der Waals surface area contributed by atoms with Crippen molar-refractivity contribution in [1.29, 1.82) is 0 Å². The fraction of sp³-hybridized carbons (Fsp3) is 0.267. The molecule has 0 saturated carbocycles. The molecule has 1 N–H and O–H groups in total. The second-order valence-corrected chi connectivity index (χ2v) is 11.9. The number of β-lactam (4-membered cyclic amide) rings is 1. The van der Waals surface area contributed by atoms with E-state index in [4.69, 9.17) is 9.47 Å². The van der Waals surface area contributed by atoms with E-state index in [-0.39, 0.29) is 24.6 Å². The fourth-order valence-electron chi connectivity index (χ4n) is 4.60. The first-order valence-corrected chi connectivity index (χ1v) is 14.9. The van der Waals surface area contributed by atoms with Gasteiger partial charge in [0, 0.05) is 30.3 Å². The maximum atomic E-state index is 13.9. The van der Waals surface area contributed by atoms with Crippen LogP contribution in [-0.4, -0.2) is 71.5 Å². The molecule has 2 aromatic carbocycles. The lowest BCUT2D eigenvalue weighted by Crippen LogP contribution is -2.70. The Balaban J connectivity index is 1.41. The average Bonchev–Trinajstić information content (AvgIpc) is 3.50. The van der Waals surface area contributed by atoms with E-state index in [1.165, 1.54) is 32.9 Å². The molecule has 1 saturated heterocycles. The van der Waals surface area contributed by atoms with E-state index in [9.17, 15) is 19.2 Å². The molecular formula is C30H29N3O6S2. The lowest BCUT2D eigenvalue weighted by Gasteiger charge is -2.49.